The minimum Gasteiger partial charge on any atom is -0.496 e. The average molecular weight is 571 g/mol. The molecule has 190 valence electrons. The number of rotatable bonds is 4. The van der Waals surface area contributed by atoms with Crippen LogP contribution in [0.2, 0.25) is 0 Å². The Balaban J connectivity index is 1.31. The number of amides is 2. The second kappa shape index (κ2) is 9.86. The van der Waals surface area contributed by atoms with Gasteiger partial charge in [-0.05, 0) is 71.1 Å². The van der Waals surface area contributed by atoms with Crippen LogP contribution in [0.25, 0.3) is 10.4 Å². The zero-order valence-electron chi connectivity index (χ0n) is 20.6. The molecule has 1 saturated heterocycles. The van der Waals surface area contributed by atoms with Crippen LogP contribution in [-0.2, 0) is 16.1 Å². The molecule has 8 heteroatoms. The highest BCUT2D eigenvalue weighted by molar-refractivity contribution is 9.11. The SMILES string of the molecule is COC1=CC2CCn3c(C(=O)N4CCCN(C(=O)C5CCC5)CC4)cc(-c4cccs4)c3C2C=C1Br. The maximum absolute atomic E-state index is 14.0. The van der Waals surface area contributed by atoms with Crippen LogP contribution in [0, 0.1) is 11.8 Å². The number of methoxy groups -OCH3 is 1. The second-order valence-electron chi connectivity index (χ2n) is 10.3. The maximum atomic E-state index is 14.0. The first kappa shape index (κ1) is 24.0. The van der Waals surface area contributed by atoms with Crippen LogP contribution < -0.4 is 0 Å². The van der Waals surface area contributed by atoms with Crippen molar-refractivity contribution < 1.29 is 14.3 Å². The Kier molecular flexibility index (Phi) is 6.58. The van der Waals surface area contributed by atoms with Gasteiger partial charge in [-0.1, -0.05) is 18.6 Å². The van der Waals surface area contributed by atoms with Crippen LogP contribution >= 0.6 is 27.3 Å². The zero-order valence-corrected chi connectivity index (χ0v) is 23.0. The van der Waals surface area contributed by atoms with Crippen molar-refractivity contribution in [2.75, 3.05) is 33.3 Å². The maximum Gasteiger partial charge on any atom is 0.270 e. The van der Waals surface area contributed by atoms with E-state index in [1.807, 2.05) is 9.80 Å². The molecular formula is C28H32BrN3O3S. The number of hydrogen-bond acceptors (Lipinski definition) is 4. The lowest BCUT2D eigenvalue weighted by molar-refractivity contribution is -0.138. The fourth-order valence-corrected chi connectivity index (χ4v) is 7.45. The molecule has 36 heavy (non-hydrogen) atoms. The number of carbonyl (C=O) groups excluding carboxylic acids is 2. The van der Waals surface area contributed by atoms with Crippen LogP contribution in [0.1, 0.15) is 54.2 Å². The van der Waals surface area contributed by atoms with Gasteiger partial charge in [-0.3, -0.25) is 9.59 Å². The molecule has 2 atom stereocenters. The molecule has 2 fully saturated rings. The number of aromatic nitrogens is 1. The van der Waals surface area contributed by atoms with Gasteiger partial charge < -0.3 is 19.1 Å². The highest BCUT2D eigenvalue weighted by Crippen LogP contribution is 2.47. The van der Waals surface area contributed by atoms with Crippen molar-refractivity contribution in [2.45, 2.75) is 44.6 Å². The Labute approximate surface area is 224 Å². The first-order valence-corrected chi connectivity index (χ1v) is 14.7. The third-order valence-electron chi connectivity index (χ3n) is 8.30. The number of ether oxygens (including phenoxy) is 1. The quantitative estimate of drug-likeness (QED) is 0.480. The van der Waals surface area contributed by atoms with Crippen molar-refractivity contribution >= 4 is 39.1 Å². The van der Waals surface area contributed by atoms with Gasteiger partial charge in [-0.15, -0.1) is 11.3 Å². The summed E-state index contributed by atoms with van der Waals surface area (Å²) >= 11 is 5.42. The van der Waals surface area contributed by atoms with E-state index in [4.69, 9.17) is 4.74 Å². The lowest BCUT2D eigenvalue weighted by Gasteiger charge is -2.34. The number of allylic oxidation sites excluding steroid dienone is 3. The Morgan fingerprint density at radius 1 is 1.03 bits per heavy atom. The van der Waals surface area contributed by atoms with Crippen molar-refractivity contribution in [2.24, 2.45) is 11.8 Å². The van der Waals surface area contributed by atoms with E-state index in [2.05, 4.69) is 56.2 Å². The predicted molar refractivity (Wildman–Crippen MR) is 145 cm³/mol. The van der Waals surface area contributed by atoms with E-state index >= 15 is 0 Å². The lowest BCUT2D eigenvalue weighted by Crippen LogP contribution is -2.42. The Hall–Kier alpha value is -2.32. The summed E-state index contributed by atoms with van der Waals surface area (Å²) in [5.74, 6) is 2.00. The molecule has 2 amide bonds. The normalized spacial score (nSPS) is 24.2. The van der Waals surface area contributed by atoms with Crippen LogP contribution in [0.3, 0.4) is 0 Å². The van der Waals surface area contributed by atoms with E-state index < -0.39 is 0 Å². The predicted octanol–water partition coefficient (Wildman–Crippen LogP) is 5.62. The highest BCUT2D eigenvalue weighted by Gasteiger charge is 2.37. The lowest BCUT2D eigenvalue weighted by atomic mass is 9.79. The van der Waals surface area contributed by atoms with Gasteiger partial charge in [0.1, 0.15) is 11.5 Å². The molecule has 0 N–H and O–H groups in total. The van der Waals surface area contributed by atoms with Crippen molar-refractivity contribution in [1.29, 1.82) is 0 Å². The summed E-state index contributed by atoms with van der Waals surface area (Å²) in [6.45, 7) is 3.49. The summed E-state index contributed by atoms with van der Waals surface area (Å²) in [7, 11) is 1.71. The van der Waals surface area contributed by atoms with Gasteiger partial charge in [-0.25, -0.2) is 0 Å². The summed E-state index contributed by atoms with van der Waals surface area (Å²) in [4.78, 5) is 31.9. The molecule has 0 aromatic carbocycles. The van der Waals surface area contributed by atoms with Crippen molar-refractivity contribution in [3.8, 4) is 10.4 Å². The molecule has 2 aliphatic carbocycles. The molecule has 2 aliphatic heterocycles. The van der Waals surface area contributed by atoms with E-state index in [1.54, 1.807) is 18.4 Å². The zero-order chi connectivity index (χ0) is 24.8. The van der Waals surface area contributed by atoms with E-state index in [9.17, 15) is 9.59 Å². The molecule has 6 nitrogen and oxygen atoms in total. The van der Waals surface area contributed by atoms with Gasteiger partial charge in [0.05, 0.1) is 11.6 Å². The van der Waals surface area contributed by atoms with Crippen LogP contribution in [0.5, 0.6) is 0 Å². The Bertz CT molecular complexity index is 1230. The summed E-state index contributed by atoms with van der Waals surface area (Å²) < 4.78 is 8.82. The number of hydrogen-bond donors (Lipinski definition) is 0. The van der Waals surface area contributed by atoms with Gasteiger partial charge in [0.2, 0.25) is 5.91 Å². The molecule has 2 aromatic heterocycles. The molecule has 2 aromatic rings. The fraction of sp³-hybridized carbons (Fsp3) is 0.500. The summed E-state index contributed by atoms with van der Waals surface area (Å²) in [5, 5.41) is 2.10. The van der Waals surface area contributed by atoms with Gasteiger partial charge in [0.15, 0.2) is 0 Å². The molecular weight excluding hydrogens is 538 g/mol. The van der Waals surface area contributed by atoms with E-state index in [0.717, 1.165) is 66.7 Å². The van der Waals surface area contributed by atoms with Gasteiger partial charge >= 0.3 is 0 Å². The number of fused-ring (bicyclic) bond motifs is 3. The first-order chi connectivity index (χ1) is 17.5. The summed E-state index contributed by atoms with van der Waals surface area (Å²) in [6.07, 6.45) is 9.48. The number of carbonyl (C=O) groups is 2. The minimum absolute atomic E-state index is 0.0856. The number of halogens is 1. The molecule has 6 rings (SSSR count). The molecule has 0 spiro atoms. The number of nitrogens with zero attached hydrogens (tertiary/aromatic N) is 3. The third-order valence-corrected chi connectivity index (χ3v) is 9.86. The van der Waals surface area contributed by atoms with Crippen molar-refractivity contribution in [1.82, 2.24) is 14.4 Å². The van der Waals surface area contributed by atoms with Gasteiger partial charge in [0, 0.05) is 60.7 Å². The largest absolute Gasteiger partial charge is 0.496 e. The standard InChI is InChI=1S/C28H32BrN3O3S/c1-35-24-15-19-8-11-32-23(17-21(25-7-3-14-36-25)26(32)20(19)16-22(24)29)28(34)31-10-4-9-30(12-13-31)27(33)18-5-2-6-18/h3,7,14-20H,2,4-6,8-13H2,1H3. The van der Waals surface area contributed by atoms with Crippen molar-refractivity contribution in [3.05, 3.63) is 57.4 Å². The second-order valence-corrected chi connectivity index (χ2v) is 12.1. The van der Waals surface area contributed by atoms with E-state index in [0.29, 0.717) is 31.5 Å². The topological polar surface area (TPSA) is 54.8 Å². The van der Waals surface area contributed by atoms with Gasteiger partial charge in [-0.2, -0.15) is 0 Å². The van der Waals surface area contributed by atoms with Crippen LogP contribution in [-0.4, -0.2) is 59.5 Å². The van der Waals surface area contributed by atoms with E-state index in [-0.39, 0.29) is 17.7 Å². The minimum atomic E-state index is 0.0856. The number of thiophene rings is 1. The Morgan fingerprint density at radius 2 is 1.83 bits per heavy atom. The molecule has 2 unspecified atom stereocenters. The Morgan fingerprint density at radius 3 is 2.56 bits per heavy atom. The average Bonchev–Trinajstić information content (AvgIpc) is 3.44. The molecule has 0 radical (unpaired) electrons. The molecule has 0 bridgehead atoms. The van der Waals surface area contributed by atoms with Crippen molar-refractivity contribution in [3.63, 3.8) is 0 Å². The van der Waals surface area contributed by atoms with Gasteiger partial charge in [0.25, 0.3) is 5.91 Å². The summed E-state index contributed by atoms with van der Waals surface area (Å²) in [6, 6.07) is 6.34. The van der Waals surface area contributed by atoms with E-state index in [1.165, 1.54) is 10.6 Å². The van der Waals surface area contributed by atoms with Crippen LogP contribution in [0.4, 0.5) is 0 Å². The molecule has 4 heterocycles. The molecule has 1 saturated carbocycles. The third kappa shape index (κ3) is 4.16. The fourth-order valence-electron chi connectivity index (χ4n) is 6.12. The van der Waals surface area contributed by atoms with Crippen LogP contribution in [0.15, 0.2) is 46.0 Å². The smallest absolute Gasteiger partial charge is 0.270 e. The monoisotopic (exact) mass is 569 g/mol. The molecule has 4 aliphatic rings. The first-order valence-electron chi connectivity index (χ1n) is 13.0. The highest BCUT2D eigenvalue weighted by atomic mass is 79.9. The summed E-state index contributed by atoms with van der Waals surface area (Å²) in [5.41, 5.74) is 3.15.